The lowest BCUT2D eigenvalue weighted by Gasteiger charge is -2.31. The van der Waals surface area contributed by atoms with E-state index in [-0.39, 0.29) is 0 Å². The minimum atomic E-state index is 0.996. The molecule has 0 saturated heterocycles. The Bertz CT molecular complexity index is 592. The third kappa shape index (κ3) is 2.69. The fraction of sp³-hybridized carbons (Fsp3) is 0.294. The SMILES string of the molecule is Cc1ccc(CN2CCCc3ccccc32)cc1Br. The van der Waals surface area contributed by atoms with E-state index in [1.165, 1.54) is 39.7 Å². The summed E-state index contributed by atoms with van der Waals surface area (Å²) in [4.78, 5) is 2.50. The van der Waals surface area contributed by atoms with Crippen LogP contribution in [0.15, 0.2) is 46.9 Å². The highest BCUT2D eigenvalue weighted by Crippen LogP contribution is 2.28. The number of fused-ring (bicyclic) bond motifs is 1. The summed E-state index contributed by atoms with van der Waals surface area (Å²) in [5, 5.41) is 0. The molecule has 2 heteroatoms. The van der Waals surface area contributed by atoms with E-state index in [2.05, 4.69) is 70.2 Å². The Morgan fingerprint density at radius 3 is 2.84 bits per heavy atom. The molecule has 0 N–H and O–H groups in total. The predicted molar refractivity (Wildman–Crippen MR) is 84.7 cm³/mol. The average Bonchev–Trinajstić information content (AvgIpc) is 2.43. The molecule has 0 spiro atoms. The standard InChI is InChI=1S/C17H18BrN/c1-13-8-9-14(11-16(13)18)12-19-10-4-6-15-5-2-3-7-17(15)19/h2-3,5,7-9,11H,4,6,10,12H2,1H3. The fourth-order valence-corrected chi connectivity index (χ4v) is 3.16. The van der Waals surface area contributed by atoms with Gasteiger partial charge in [-0.15, -0.1) is 0 Å². The van der Waals surface area contributed by atoms with Gasteiger partial charge in [-0.2, -0.15) is 0 Å². The molecule has 1 nitrogen and oxygen atoms in total. The van der Waals surface area contributed by atoms with Crippen LogP contribution in [0.3, 0.4) is 0 Å². The topological polar surface area (TPSA) is 3.24 Å². The number of halogens is 1. The predicted octanol–water partition coefficient (Wildman–Crippen LogP) is 4.71. The lowest BCUT2D eigenvalue weighted by Crippen LogP contribution is -2.28. The van der Waals surface area contributed by atoms with Crippen LogP contribution in [-0.4, -0.2) is 6.54 Å². The van der Waals surface area contributed by atoms with Crippen molar-refractivity contribution in [2.75, 3.05) is 11.4 Å². The van der Waals surface area contributed by atoms with Gasteiger partial charge in [0.15, 0.2) is 0 Å². The molecule has 1 aliphatic heterocycles. The van der Waals surface area contributed by atoms with Gasteiger partial charge in [0, 0.05) is 23.2 Å². The second-order valence-corrected chi connectivity index (χ2v) is 6.09. The molecule has 0 saturated carbocycles. The summed E-state index contributed by atoms with van der Waals surface area (Å²) in [7, 11) is 0. The van der Waals surface area contributed by atoms with Crippen LogP contribution in [0.4, 0.5) is 5.69 Å². The summed E-state index contributed by atoms with van der Waals surface area (Å²) in [6.45, 7) is 4.28. The van der Waals surface area contributed by atoms with Crippen LogP contribution in [0.5, 0.6) is 0 Å². The molecule has 0 unspecified atom stereocenters. The maximum absolute atomic E-state index is 3.62. The molecule has 1 aliphatic rings. The van der Waals surface area contributed by atoms with Gasteiger partial charge in [-0.05, 0) is 48.6 Å². The van der Waals surface area contributed by atoms with Crippen molar-refractivity contribution >= 4 is 21.6 Å². The summed E-state index contributed by atoms with van der Waals surface area (Å²) in [6, 6.07) is 15.5. The van der Waals surface area contributed by atoms with Gasteiger partial charge in [-0.3, -0.25) is 0 Å². The summed E-state index contributed by atoms with van der Waals surface area (Å²) in [6.07, 6.45) is 2.47. The van der Waals surface area contributed by atoms with Crippen LogP contribution in [0.2, 0.25) is 0 Å². The van der Waals surface area contributed by atoms with Crippen molar-refractivity contribution in [3.8, 4) is 0 Å². The minimum absolute atomic E-state index is 0.996. The van der Waals surface area contributed by atoms with Crippen molar-refractivity contribution in [1.29, 1.82) is 0 Å². The molecule has 0 aliphatic carbocycles. The molecule has 0 bridgehead atoms. The number of anilines is 1. The lowest BCUT2D eigenvalue weighted by molar-refractivity contribution is 0.691. The van der Waals surface area contributed by atoms with Crippen molar-refractivity contribution in [2.45, 2.75) is 26.3 Å². The summed E-state index contributed by atoms with van der Waals surface area (Å²) in [5.41, 5.74) is 5.56. The molecule has 0 aromatic heterocycles. The minimum Gasteiger partial charge on any atom is -0.367 e. The monoisotopic (exact) mass is 315 g/mol. The van der Waals surface area contributed by atoms with Crippen LogP contribution in [0, 0.1) is 6.92 Å². The van der Waals surface area contributed by atoms with E-state index in [1.54, 1.807) is 0 Å². The van der Waals surface area contributed by atoms with Crippen LogP contribution >= 0.6 is 15.9 Å². The third-order valence-electron chi connectivity index (χ3n) is 3.82. The lowest BCUT2D eigenvalue weighted by atomic mass is 10.0. The first-order valence-electron chi connectivity index (χ1n) is 6.82. The molecule has 0 atom stereocenters. The number of para-hydroxylation sites is 1. The largest absolute Gasteiger partial charge is 0.367 e. The Morgan fingerprint density at radius 2 is 2.00 bits per heavy atom. The highest BCUT2D eigenvalue weighted by molar-refractivity contribution is 9.10. The van der Waals surface area contributed by atoms with Gasteiger partial charge in [0.05, 0.1) is 0 Å². The maximum atomic E-state index is 3.62. The Hall–Kier alpha value is -1.28. The molecule has 3 rings (SSSR count). The van der Waals surface area contributed by atoms with Gasteiger partial charge in [0.1, 0.15) is 0 Å². The summed E-state index contributed by atoms with van der Waals surface area (Å²) < 4.78 is 1.20. The zero-order valence-electron chi connectivity index (χ0n) is 11.2. The third-order valence-corrected chi connectivity index (χ3v) is 4.67. The van der Waals surface area contributed by atoms with Crippen LogP contribution in [-0.2, 0) is 13.0 Å². The zero-order chi connectivity index (χ0) is 13.2. The van der Waals surface area contributed by atoms with Crippen molar-refractivity contribution in [2.24, 2.45) is 0 Å². The molecule has 98 valence electrons. The van der Waals surface area contributed by atoms with E-state index in [0.717, 1.165) is 13.1 Å². The van der Waals surface area contributed by atoms with E-state index in [4.69, 9.17) is 0 Å². The van der Waals surface area contributed by atoms with E-state index in [9.17, 15) is 0 Å². The first-order chi connectivity index (χ1) is 9.24. The Morgan fingerprint density at radius 1 is 1.16 bits per heavy atom. The van der Waals surface area contributed by atoms with Crippen LogP contribution < -0.4 is 4.90 Å². The number of rotatable bonds is 2. The van der Waals surface area contributed by atoms with E-state index in [0.29, 0.717) is 0 Å². The number of hydrogen-bond acceptors (Lipinski definition) is 1. The number of aryl methyl sites for hydroxylation is 2. The number of hydrogen-bond donors (Lipinski definition) is 0. The Kier molecular flexibility index (Phi) is 3.61. The van der Waals surface area contributed by atoms with E-state index < -0.39 is 0 Å². The average molecular weight is 316 g/mol. The van der Waals surface area contributed by atoms with Crippen molar-refractivity contribution in [1.82, 2.24) is 0 Å². The fourth-order valence-electron chi connectivity index (χ4n) is 2.73. The van der Waals surface area contributed by atoms with Crippen molar-refractivity contribution < 1.29 is 0 Å². The number of benzene rings is 2. The highest BCUT2D eigenvalue weighted by atomic mass is 79.9. The second-order valence-electron chi connectivity index (χ2n) is 5.24. The Labute approximate surface area is 123 Å². The van der Waals surface area contributed by atoms with Gasteiger partial charge < -0.3 is 4.90 Å². The highest BCUT2D eigenvalue weighted by Gasteiger charge is 2.16. The van der Waals surface area contributed by atoms with Crippen molar-refractivity contribution in [3.05, 3.63) is 63.6 Å². The summed E-state index contributed by atoms with van der Waals surface area (Å²) in [5.74, 6) is 0. The quantitative estimate of drug-likeness (QED) is 0.775. The maximum Gasteiger partial charge on any atom is 0.0429 e. The van der Waals surface area contributed by atoms with Gasteiger partial charge in [0.25, 0.3) is 0 Å². The van der Waals surface area contributed by atoms with E-state index in [1.807, 2.05) is 0 Å². The molecule has 2 aromatic rings. The summed E-state index contributed by atoms with van der Waals surface area (Å²) >= 11 is 3.62. The zero-order valence-corrected chi connectivity index (χ0v) is 12.8. The van der Waals surface area contributed by atoms with Gasteiger partial charge in [-0.25, -0.2) is 0 Å². The molecule has 0 fully saturated rings. The van der Waals surface area contributed by atoms with Gasteiger partial charge in [-0.1, -0.05) is 46.3 Å². The molecule has 19 heavy (non-hydrogen) atoms. The van der Waals surface area contributed by atoms with Gasteiger partial charge >= 0.3 is 0 Å². The van der Waals surface area contributed by atoms with Crippen LogP contribution in [0.25, 0.3) is 0 Å². The molecule has 0 amide bonds. The molecule has 0 radical (unpaired) electrons. The molecular formula is C17H18BrN. The smallest absolute Gasteiger partial charge is 0.0429 e. The first-order valence-corrected chi connectivity index (χ1v) is 7.61. The van der Waals surface area contributed by atoms with Gasteiger partial charge in [0.2, 0.25) is 0 Å². The van der Waals surface area contributed by atoms with Crippen LogP contribution in [0.1, 0.15) is 23.1 Å². The first kappa shape index (κ1) is 12.7. The van der Waals surface area contributed by atoms with Crippen molar-refractivity contribution in [3.63, 3.8) is 0 Å². The number of nitrogens with zero attached hydrogens (tertiary/aromatic N) is 1. The second kappa shape index (κ2) is 5.38. The normalized spacial score (nSPS) is 14.3. The van der Waals surface area contributed by atoms with E-state index >= 15 is 0 Å². The molecule has 1 heterocycles. The molecule has 2 aromatic carbocycles. The Balaban J connectivity index is 1.86. The molecular weight excluding hydrogens is 298 g/mol.